The molecule has 1 aromatic heterocycles. The van der Waals surface area contributed by atoms with E-state index < -0.39 is 0 Å². The summed E-state index contributed by atoms with van der Waals surface area (Å²) in [6, 6.07) is 23.9. The van der Waals surface area contributed by atoms with Crippen molar-refractivity contribution in [2.45, 2.75) is 19.4 Å². The fourth-order valence-electron chi connectivity index (χ4n) is 4.03. The summed E-state index contributed by atoms with van der Waals surface area (Å²) in [4.78, 5) is 7.39. The summed E-state index contributed by atoms with van der Waals surface area (Å²) in [7, 11) is 0. The number of aromatic nitrogens is 1. The van der Waals surface area contributed by atoms with Crippen LogP contribution in [0.5, 0.6) is 0 Å². The number of benzene rings is 3. The van der Waals surface area contributed by atoms with E-state index in [1.54, 1.807) is 0 Å². The van der Waals surface area contributed by atoms with E-state index in [-0.39, 0.29) is 0 Å². The molecule has 0 saturated heterocycles. The Hall–Kier alpha value is -2.39. The van der Waals surface area contributed by atoms with Crippen molar-refractivity contribution >= 4 is 49.1 Å². The maximum absolute atomic E-state index is 4.89. The minimum atomic E-state index is 0.415. The van der Waals surface area contributed by atoms with Gasteiger partial charge in [-0.3, -0.25) is 0 Å². The van der Waals surface area contributed by atoms with E-state index in [1.165, 1.54) is 27.7 Å². The third-order valence-electron chi connectivity index (χ3n) is 5.08. The normalized spacial score (nSPS) is 16.6. The second kappa shape index (κ2) is 5.57. The van der Waals surface area contributed by atoms with Gasteiger partial charge in [0.25, 0.3) is 0 Å². The van der Waals surface area contributed by atoms with Gasteiger partial charge in [-0.25, -0.2) is 4.98 Å². The molecule has 1 aliphatic rings. The average molecular weight is 389 g/mol. The first kappa shape index (κ1) is 14.9. The minimum Gasteiger partial charge on any atom is -0.337 e. The van der Waals surface area contributed by atoms with Gasteiger partial charge in [0.1, 0.15) is 0 Å². The molecular weight excluding hydrogens is 372 g/mol. The summed E-state index contributed by atoms with van der Waals surface area (Å²) >= 11 is 3.77. The second-order valence-electron chi connectivity index (χ2n) is 6.66. The molecule has 0 amide bonds. The van der Waals surface area contributed by atoms with E-state index >= 15 is 0 Å². The molecule has 2 nitrogen and oxygen atoms in total. The molecule has 1 aliphatic heterocycles. The van der Waals surface area contributed by atoms with Gasteiger partial charge in [-0.05, 0) is 43.2 Å². The average Bonchev–Trinajstić information content (AvgIpc) is 2.96. The minimum absolute atomic E-state index is 0.415. The smallest absolute Gasteiger partial charge is 0.0742 e. The molecule has 0 saturated carbocycles. The standard InChI is InChI=1S/C22H17BrN2/c1-14-13-15-7-2-5-12-20(15)25(14)22-16-8-3-4-10-18(16)24-19-11-6-9-17(23)21(19)22/h2-12,14H,13H2,1H3/t14-/m1/s1. The number of pyridine rings is 1. The van der Waals surface area contributed by atoms with Crippen molar-refractivity contribution in [3.05, 3.63) is 76.8 Å². The summed E-state index contributed by atoms with van der Waals surface area (Å²) in [5.41, 5.74) is 6.05. The lowest BCUT2D eigenvalue weighted by Gasteiger charge is -2.28. The number of para-hydroxylation sites is 2. The molecule has 0 N–H and O–H groups in total. The number of fused-ring (bicyclic) bond motifs is 3. The van der Waals surface area contributed by atoms with Crippen LogP contribution in [0.3, 0.4) is 0 Å². The Labute approximate surface area is 155 Å². The van der Waals surface area contributed by atoms with Gasteiger partial charge in [-0.15, -0.1) is 0 Å². The maximum Gasteiger partial charge on any atom is 0.0742 e. The number of anilines is 2. The van der Waals surface area contributed by atoms with Crippen LogP contribution in [0.25, 0.3) is 21.8 Å². The first-order chi connectivity index (χ1) is 12.2. The molecule has 2 heterocycles. The van der Waals surface area contributed by atoms with Crippen LogP contribution in [-0.2, 0) is 6.42 Å². The summed E-state index contributed by atoms with van der Waals surface area (Å²) in [6.45, 7) is 2.30. The predicted molar refractivity (Wildman–Crippen MR) is 109 cm³/mol. The van der Waals surface area contributed by atoms with Gasteiger partial charge in [0.15, 0.2) is 0 Å². The van der Waals surface area contributed by atoms with Crippen LogP contribution in [0.2, 0.25) is 0 Å². The van der Waals surface area contributed by atoms with Gasteiger partial charge in [0.05, 0.1) is 16.7 Å². The molecule has 0 spiro atoms. The lowest BCUT2D eigenvalue weighted by atomic mass is 10.1. The molecule has 0 radical (unpaired) electrons. The summed E-state index contributed by atoms with van der Waals surface area (Å²) in [6.07, 6.45) is 1.07. The molecule has 25 heavy (non-hydrogen) atoms. The Balaban J connectivity index is 1.94. The second-order valence-corrected chi connectivity index (χ2v) is 7.52. The van der Waals surface area contributed by atoms with E-state index in [2.05, 4.69) is 94.5 Å². The van der Waals surface area contributed by atoms with E-state index in [0.29, 0.717) is 6.04 Å². The highest BCUT2D eigenvalue weighted by Gasteiger charge is 2.30. The lowest BCUT2D eigenvalue weighted by Crippen LogP contribution is -2.24. The van der Waals surface area contributed by atoms with E-state index in [0.717, 1.165) is 21.9 Å². The third-order valence-corrected chi connectivity index (χ3v) is 5.74. The molecular formula is C22H17BrN2. The molecule has 0 fully saturated rings. The summed E-state index contributed by atoms with van der Waals surface area (Å²) in [5.74, 6) is 0. The van der Waals surface area contributed by atoms with Gasteiger partial charge in [0, 0.05) is 27.0 Å². The van der Waals surface area contributed by atoms with Crippen molar-refractivity contribution in [1.29, 1.82) is 0 Å². The van der Waals surface area contributed by atoms with Crippen molar-refractivity contribution in [2.75, 3.05) is 4.90 Å². The maximum atomic E-state index is 4.89. The number of nitrogens with zero attached hydrogens (tertiary/aromatic N) is 2. The quantitative estimate of drug-likeness (QED) is 0.359. The van der Waals surface area contributed by atoms with E-state index in [9.17, 15) is 0 Å². The number of hydrogen-bond donors (Lipinski definition) is 0. The van der Waals surface area contributed by atoms with Gasteiger partial charge < -0.3 is 4.90 Å². The highest BCUT2D eigenvalue weighted by Crippen LogP contribution is 2.45. The molecule has 4 aromatic rings. The zero-order chi connectivity index (χ0) is 17.0. The number of hydrogen-bond acceptors (Lipinski definition) is 2. The molecule has 122 valence electrons. The zero-order valence-corrected chi connectivity index (χ0v) is 15.5. The van der Waals surface area contributed by atoms with Gasteiger partial charge in [0.2, 0.25) is 0 Å². The molecule has 0 unspecified atom stereocenters. The molecule has 0 bridgehead atoms. The largest absolute Gasteiger partial charge is 0.337 e. The van der Waals surface area contributed by atoms with Crippen molar-refractivity contribution < 1.29 is 0 Å². The fourth-order valence-corrected chi connectivity index (χ4v) is 4.58. The van der Waals surface area contributed by atoms with Crippen LogP contribution in [-0.4, -0.2) is 11.0 Å². The first-order valence-electron chi connectivity index (χ1n) is 8.58. The molecule has 0 aliphatic carbocycles. The van der Waals surface area contributed by atoms with Crippen LogP contribution in [0.15, 0.2) is 71.2 Å². The van der Waals surface area contributed by atoms with Crippen LogP contribution >= 0.6 is 15.9 Å². The van der Waals surface area contributed by atoms with Crippen LogP contribution in [0.4, 0.5) is 11.4 Å². The molecule has 3 aromatic carbocycles. The highest BCUT2D eigenvalue weighted by atomic mass is 79.9. The van der Waals surface area contributed by atoms with Gasteiger partial charge >= 0.3 is 0 Å². The number of rotatable bonds is 1. The zero-order valence-electron chi connectivity index (χ0n) is 13.9. The highest BCUT2D eigenvalue weighted by molar-refractivity contribution is 9.10. The Morgan fingerprint density at radius 1 is 0.920 bits per heavy atom. The van der Waals surface area contributed by atoms with Gasteiger partial charge in [-0.1, -0.05) is 58.4 Å². The van der Waals surface area contributed by atoms with E-state index in [1.807, 2.05) is 0 Å². The summed E-state index contributed by atoms with van der Waals surface area (Å²) < 4.78 is 1.09. The Bertz CT molecular complexity index is 1120. The molecule has 1 atom stereocenters. The fraction of sp³-hybridized carbons (Fsp3) is 0.136. The molecule has 5 rings (SSSR count). The topological polar surface area (TPSA) is 16.1 Å². The van der Waals surface area contributed by atoms with Crippen LogP contribution in [0, 0.1) is 0 Å². The molecule has 3 heteroatoms. The first-order valence-corrected chi connectivity index (χ1v) is 9.37. The third kappa shape index (κ3) is 2.19. The lowest BCUT2D eigenvalue weighted by molar-refractivity contribution is 0.762. The monoisotopic (exact) mass is 388 g/mol. The van der Waals surface area contributed by atoms with E-state index in [4.69, 9.17) is 4.98 Å². The van der Waals surface area contributed by atoms with Crippen molar-refractivity contribution in [3.63, 3.8) is 0 Å². The van der Waals surface area contributed by atoms with Crippen molar-refractivity contribution in [3.8, 4) is 0 Å². The predicted octanol–water partition coefficient (Wildman–Crippen LogP) is 6.23. The summed E-state index contributed by atoms with van der Waals surface area (Å²) in [5, 5.41) is 2.38. The van der Waals surface area contributed by atoms with Gasteiger partial charge in [-0.2, -0.15) is 0 Å². The Morgan fingerprint density at radius 3 is 2.60 bits per heavy atom. The van der Waals surface area contributed by atoms with Crippen molar-refractivity contribution in [1.82, 2.24) is 4.98 Å². The van der Waals surface area contributed by atoms with Crippen LogP contribution in [0.1, 0.15) is 12.5 Å². The van der Waals surface area contributed by atoms with Crippen LogP contribution < -0.4 is 4.90 Å². The SMILES string of the molecule is C[C@@H]1Cc2ccccc2N1c1c2ccccc2nc2cccc(Br)c12. The van der Waals surface area contributed by atoms with Crippen molar-refractivity contribution in [2.24, 2.45) is 0 Å². The Kier molecular flexibility index (Phi) is 3.32. The number of halogens is 1. The Morgan fingerprint density at radius 2 is 1.68 bits per heavy atom.